The summed E-state index contributed by atoms with van der Waals surface area (Å²) in [6, 6.07) is 5.00. The molecule has 0 radical (unpaired) electrons. The molecule has 2 aliphatic rings. The molecule has 112 valence electrons. The van der Waals surface area contributed by atoms with Gasteiger partial charge in [-0.05, 0) is 36.1 Å². The van der Waals surface area contributed by atoms with Gasteiger partial charge in [-0.3, -0.25) is 4.79 Å². The van der Waals surface area contributed by atoms with Crippen LogP contribution in [0.25, 0.3) is 0 Å². The van der Waals surface area contributed by atoms with Crippen molar-refractivity contribution in [1.82, 2.24) is 10.2 Å². The molecule has 1 unspecified atom stereocenters. The lowest BCUT2D eigenvalue weighted by Gasteiger charge is -2.27. The molecule has 2 N–H and O–H groups in total. The van der Waals surface area contributed by atoms with Crippen molar-refractivity contribution in [1.29, 1.82) is 0 Å². The number of aliphatic carboxylic acids is 1. The van der Waals surface area contributed by atoms with Gasteiger partial charge in [0.05, 0.1) is 0 Å². The van der Waals surface area contributed by atoms with Crippen molar-refractivity contribution in [3.63, 3.8) is 0 Å². The van der Waals surface area contributed by atoms with E-state index in [9.17, 15) is 14.7 Å². The van der Waals surface area contributed by atoms with E-state index in [2.05, 4.69) is 5.32 Å². The van der Waals surface area contributed by atoms with Crippen molar-refractivity contribution in [2.24, 2.45) is 0 Å². The van der Waals surface area contributed by atoms with Gasteiger partial charge < -0.3 is 15.3 Å². The molecule has 1 amide bonds. The molecule has 0 spiro atoms. The first-order chi connectivity index (χ1) is 10.2. The van der Waals surface area contributed by atoms with Crippen LogP contribution in [0.2, 0.25) is 0 Å². The standard InChI is InChI=1S/C16H20N2O3/c19-15(11-5-6-12-9-17-10-13(12)8-11)18-7-3-1-2-4-14(18)16(20)21/h5-6,8,14,17H,1-4,7,9-10H2,(H,20,21). The average Bonchev–Trinajstić information content (AvgIpc) is 2.80. The number of nitrogens with zero attached hydrogens (tertiary/aromatic N) is 1. The Kier molecular flexibility index (Phi) is 3.92. The topological polar surface area (TPSA) is 69.6 Å². The second-order valence-corrected chi connectivity index (χ2v) is 5.79. The minimum absolute atomic E-state index is 0.154. The highest BCUT2D eigenvalue weighted by Gasteiger charge is 2.31. The maximum absolute atomic E-state index is 12.7. The van der Waals surface area contributed by atoms with Gasteiger partial charge >= 0.3 is 5.97 Å². The molecule has 1 aromatic carbocycles. The van der Waals surface area contributed by atoms with E-state index in [-0.39, 0.29) is 5.91 Å². The molecule has 2 aliphatic heterocycles. The number of amides is 1. The number of carboxylic acid groups (broad SMARTS) is 1. The Labute approximate surface area is 123 Å². The number of carboxylic acids is 1. The number of carbonyl (C=O) groups is 2. The molecule has 1 saturated heterocycles. The Balaban J connectivity index is 1.86. The number of fused-ring (bicyclic) bond motifs is 1. The summed E-state index contributed by atoms with van der Waals surface area (Å²) < 4.78 is 0. The Hall–Kier alpha value is -1.88. The predicted octanol–water partition coefficient (Wildman–Crippen LogP) is 1.76. The second-order valence-electron chi connectivity index (χ2n) is 5.79. The molecule has 1 fully saturated rings. The zero-order valence-corrected chi connectivity index (χ0v) is 12.0. The summed E-state index contributed by atoms with van der Waals surface area (Å²) in [7, 11) is 0. The first kappa shape index (κ1) is 14.1. The van der Waals surface area contributed by atoms with E-state index in [0.29, 0.717) is 18.5 Å². The van der Waals surface area contributed by atoms with Gasteiger partial charge in [-0.1, -0.05) is 18.9 Å². The summed E-state index contributed by atoms with van der Waals surface area (Å²) in [4.78, 5) is 25.7. The van der Waals surface area contributed by atoms with Gasteiger partial charge in [0.1, 0.15) is 6.04 Å². The van der Waals surface area contributed by atoms with Gasteiger partial charge in [-0.2, -0.15) is 0 Å². The highest BCUT2D eigenvalue weighted by atomic mass is 16.4. The maximum Gasteiger partial charge on any atom is 0.326 e. The molecular formula is C16H20N2O3. The summed E-state index contributed by atoms with van der Waals surface area (Å²) in [5.74, 6) is -1.05. The first-order valence-corrected chi connectivity index (χ1v) is 7.53. The minimum atomic E-state index is -0.895. The highest BCUT2D eigenvalue weighted by Crippen LogP contribution is 2.22. The number of rotatable bonds is 2. The monoisotopic (exact) mass is 288 g/mol. The summed E-state index contributed by atoms with van der Waals surface area (Å²) in [6.07, 6.45) is 3.28. The molecule has 0 aliphatic carbocycles. The van der Waals surface area contributed by atoms with Crippen LogP contribution in [0.3, 0.4) is 0 Å². The molecule has 0 aromatic heterocycles. The summed E-state index contributed by atoms with van der Waals surface area (Å²) in [5, 5.41) is 12.6. The number of hydrogen-bond acceptors (Lipinski definition) is 3. The predicted molar refractivity (Wildman–Crippen MR) is 77.9 cm³/mol. The lowest BCUT2D eigenvalue weighted by Crippen LogP contribution is -2.44. The molecule has 0 bridgehead atoms. The SMILES string of the molecule is O=C(O)C1CCCCCN1C(=O)c1ccc2c(c1)CNC2. The van der Waals surface area contributed by atoms with E-state index < -0.39 is 12.0 Å². The molecular weight excluding hydrogens is 268 g/mol. The molecule has 1 aromatic rings. The van der Waals surface area contributed by atoms with E-state index in [0.717, 1.165) is 37.9 Å². The van der Waals surface area contributed by atoms with E-state index in [1.165, 1.54) is 5.56 Å². The van der Waals surface area contributed by atoms with Crippen molar-refractivity contribution in [3.8, 4) is 0 Å². The number of hydrogen-bond donors (Lipinski definition) is 2. The zero-order chi connectivity index (χ0) is 14.8. The van der Waals surface area contributed by atoms with Crippen LogP contribution in [-0.2, 0) is 17.9 Å². The van der Waals surface area contributed by atoms with Crippen LogP contribution in [-0.4, -0.2) is 34.5 Å². The Morgan fingerprint density at radius 2 is 1.95 bits per heavy atom. The third kappa shape index (κ3) is 2.78. The first-order valence-electron chi connectivity index (χ1n) is 7.53. The van der Waals surface area contributed by atoms with Crippen molar-refractivity contribution >= 4 is 11.9 Å². The molecule has 5 heteroatoms. The fraction of sp³-hybridized carbons (Fsp3) is 0.500. The van der Waals surface area contributed by atoms with Gasteiger partial charge in [0.2, 0.25) is 0 Å². The lowest BCUT2D eigenvalue weighted by atomic mass is 10.0. The molecule has 1 atom stereocenters. The summed E-state index contributed by atoms with van der Waals surface area (Å²) in [5.41, 5.74) is 2.96. The number of carbonyl (C=O) groups excluding carboxylic acids is 1. The van der Waals surface area contributed by atoms with Crippen molar-refractivity contribution in [3.05, 3.63) is 34.9 Å². The maximum atomic E-state index is 12.7. The van der Waals surface area contributed by atoms with Crippen LogP contribution < -0.4 is 5.32 Å². The third-order valence-electron chi connectivity index (χ3n) is 4.38. The summed E-state index contributed by atoms with van der Waals surface area (Å²) >= 11 is 0. The fourth-order valence-electron chi connectivity index (χ4n) is 3.20. The van der Waals surface area contributed by atoms with Crippen LogP contribution in [0.1, 0.15) is 47.2 Å². The summed E-state index contributed by atoms with van der Waals surface area (Å²) in [6.45, 7) is 2.15. The third-order valence-corrected chi connectivity index (χ3v) is 4.38. The molecule has 0 saturated carbocycles. The number of benzene rings is 1. The normalized spacial score (nSPS) is 21.7. The van der Waals surface area contributed by atoms with Gasteiger partial charge in [0, 0.05) is 25.2 Å². The van der Waals surface area contributed by atoms with E-state index in [1.54, 1.807) is 4.90 Å². The van der Waals surface area contributed by atoms with Crippen molar-refractivity contribution < 1.29 is 14.7 Å². The number of likely N-dealkylation sites (tertiary alicyclic amines) is 1. The Bertz CT molecular complexity index is 571. The van der Waals surface area contributed by atoms with Crippen LogP contribution >= 0.6 is 0 Å². The molecule has 3 rings (SSSR count). The smallest absolute Gasteiger partial charge is 0.326 e. The zero-order valence-electron chi connectivity index (χ0n) is 12.0. The van der Waals surface area contributed by atoms with E-state index in [4.69, 9.17) is 0 Å². The lowest BCUT2D eigenvalue weighted by molar-refractivity contribution is -0.142. The van der Waals surface area contributed by atoms with Crippen molar-refractivity contribution in [2.75, 3.05) is 6.54 Å². The molecule has 21 heavy (non-hydrogen) atoms. The van der Waals surface area contributed by atoms with Crippen LogP contribution in [0, 0.1) is 0 Å². The quantitative estimate of drug-likeness (QED) is 0.870. The molecule has 2 heterocycles. The van der Waals surface area contributed by atoms with Crippen LogP contribution in [0.15, 0.2) is 18.2 Å². The fourth-order valence-corrected chi connectivity index (χ4v) is 3.20. The van der Waals surface area contributed by atoms with Crippen molar-refractivity contribution in [2.45, 2.75) is 44.8 Å². The van der Waals surface area contributed by atoms with Gasteiger partial charge in [0.15, 0.2) is 0 Å². The second kappa shape index (κ2) is 5.85. The van der Waals surface area contributed by atoms with Crippen LogP contribution in [0.5, 0.6) is 0 Å². The molecule has 5 nitrogen and oxygen atoms in total. The average molecular weight is 288 g/mol. The Morgan fingerprint density at radius 3 is 2.76 bits per heavy atom. The van der Waals surface area contributed by atoms with E-state index >= 15 is 0 Å². The highest BCUT2D eigenvalue weighted by molar-refractivity contribution is 5.97. The Morgan fingerprint density at radius 1 is 1.14 bits per heavy atom. The minimum Gasteiger partial charge on any atom is -0.480 e. The van der Waals surface area contributed by atoms with E-state index in [1.807, 2.05) is 18.2 Å². The van der Waals surface area contributed by atoms with Gasteiger partial charge in [-0.15, -0.1) is 0 Å². The van der Waals surface area contributed by atoms with Gasteiger partial charge in [0.25, 0.3) is 5.91 Å². The van der Waals surface area contributed by atoms with Crippen LogP contribution in [0.4, 0.5) is 0 Å². The van der Waals surface area contributed by atoms with Gasteiger partial charge in [-0.25, -0.2) is 4.79 Å². The largest absolute Gasteiger partial charge is 0.480 e. The number of nitrogens with one attached hydrogen (secondary N) is 1.